The van der Waals surface area contributed by atoms with Crippen LogP contribution in [0, 0.1) is 18.8 Å². The van der Waals surface area contributed by atoms with Crippen molar-refractivity contribution in [2.75, 3.05) is 0 Å². The lowest BCUT2D eigenvalue weighted by Crippen LogP contribution is -2.26. The third kappa shape index (κ3) is 2.72. The molecule has 1 fully saturated rings. The SMILES string of the molecule is Cc1ccc(C(N)=O)cc1C#CC1NC(=O)NC1=O. The molecule has 4 amide bonds. The molecule has 1 saturated heterocycles. The molecule has 0 aliphatic carbocycles. The van der Waals surface area contributed by atoms with E-state index >= 15 is 0 Å². The Morgan fingerprint density at radius 3 is 2.68 bits per heavy atom. The van der Waals surface area contributed by atoms with Crippen LogP contribution >= 0.6 is 0 Å². The molecule has 1 unspecified atom stereocenters. The minimum atomic E-state index is -0.871. The van der Waals surface area contributed by atoms with Crippen molar-refractivity contribution in [3.8, 4) is 11.8 Å². The van der Waals surface area contributed by atoms with Crippen LogP contribution in [0.3, 0.4) is 0 Å². The number of primary amides is 1. The zero-order valence-electron chi connectivity index (χ0n) is 10.1. The van der Waals surface area contributed by atoms with Crippen LogP contribution in [-0.2, 0) is 4.79 Å². The van der Waals surface area contributed by atoms with Gasteiger partial charge >= 0.3 is 6.03 Å². The molecular weight excluding hydrogens is 246 g/mol. The van der Waals surface area contributed by atoms with Crippen LogP contribution in [0.4, 0.5) is 4.79 Å². The monoisotopic (exact) mass is 257 g/mol. The highest BCUT2D eigenvalue weighted by Gasteiger charge is 2.27. The molecule has 1 atom stereocenters. The van der Waals surface area contributed by atoms with Gasteiger partial charge in [-0.2, -0.15) is 0 Å². The maximum Gasteiger partial charge on any atom is 0.322 e. The van der Waals surface area contributed by atoms with Gasteiger partial charge in [-0.1, -0.05) is 17.9 Å². The molecule has 0 saturated carbocycles. The molecule has 0 bridgehead atoms. The minimum absolute atomic E-state index is 0.342. The molecule has 6 heteroatoms. The standard InChI is InChI=1S/C13H11N3O3/c1-7-2-3-9(11(14)17)6-8(7)4-5-10-12(18)16-13(19)15-10/h2-3,6,10H,1H3,(H2,14,17)(H2,15,16,18,19). The fraction of sp³-hybridized carbons (Fsp3) is 0.154. The van der Waals surface area contributed by atoms with E-state index in [1.165, 1.54) is 0 Å². The Morgan fingerprint density at radius 2 is 2.11 bits per heavy atom. The average Bonchev–Trinajstić information content (AvgIpc) is 2.66. The molecule has 1 aliphatic heterocycles. The number of urea groups is 1. The highest BCUT2D eigenvalue weighted by Crippen LogP contribution is 2.09. The summed E-state index contributed by atoms with van der Waals surface area (Å²) in [6.07, 6.45) is 0. The third-order valence-corrected chi connectivity index (χ3v) is 2.65. The maximum atomic E-state index is 11.3. The number of nitrogens with one attached hydrogen (secondary N) is 2. The van der Waals surface area contributed by atoms with Crippen molar-refractivity contribution in [1.82, 2.24) is 10.6 Å². The zero-order chi connectivity index (χ0) is 14.0. The molecule has 4 N–H and O–H groups in total. The molecule has 0 spiro atoms. The highest BCUT2D eigenvalue weighted by atomic mass is 16.2. The van der Waals surface area contributed by atoms with E-state index in [4.69, 9.17) is 5.73 Å². The largest absolute Gasteiger partial charge is 0.366 e. The number of hydrogen-bond acceptors (Lipinski definition) is 3. The van der Waals surface area contributed by atoms with Gasteiger partial charge in [0.25, 0.3) is 5.91 Å². The fourth-order valence-electron chi connectivity index (χ4n) is 1.58. The van der Waals surface area contributed by atoms with Gasteiger partial charge in [0.2, 0.25) is 5.91 Å². The molecule has 1 aromatic carbocycles. The summed E-state index contributed by atoms with van der Waals surface area (Å²) >= 11 is 0. The molecule has 6 nitrogen and oxygen atoms in total. The lowest BCUT2D eigenvalue weighted by Gasteiger charge is -2.01. The summed E-state index contributed by atoms with van der Waals surface area (Å²) in [5.41, 5.74) is 6.96. The van der Waals surface area contributed by atoms with Gasteiger partial charge < -0.3 is 11.1 Å². The molecule has 0 aromatic heterocycles. The van der Waals surface area contributed by atoms with Crippen molar-refractivity contribution in [3.05, 3.63) is 34.9 Å². The second-order valence-corrected chi connectivity index (χ2v) is 4.06. The first-order valence-electron chi connectivity index (χ1n) is 5.51. The van der Waals surface area contributed by atoms with E-state index in [1.807, 2.05) is 6.92 Å². The average molecular weight is 257 g/mol. The van der Waals surface area contributed by atoms with Crippen LogP contribution in [0.2, 0.25) is 0 Å². The van der Waals surface area contributed by atoms with Crippen LogP contribution in [-0.4, -0.2) is 23.9 Å². The van der Waals surface area contributed by atoms with Gasteiger partial charge in [0.1, 0.15) is 0 Å². The lowest BCUT2D eigenvalue weighted by molar-refractivity contribution is -0.119. The van der Waals surface area contributed by atoms with Gasteiger partial charge in [0, 0.05) is 11.1 Å². The Kier molecular flexibility index (Phi) is 3.21. The number of aryl methyl sites for hydroxylation is 1. The van der Waals surface area contributed by atoms with Crippen LogP contribution in [0.25, 0.3) is 0 Å². The summed E-state index contributed by atoms with van der Waals surface area (Å²) in [5.74, 6) is 4.38. The van der Waals surface area contributed by atoms with Crippen LogP contribution in [0.15, 0.2) is 18.2 Å². The predicted octanol–water partition coefficient (Wildman–Crippen LogP) is -0.347. The number of hydrogen-bond donors (Lipinski definition) is 3. The Bertz CT molecular complexity index is 640. The number of imide groups is 1. The lowest BCUT2D eigenvalue weighted by atomic mass is 10.0. The van der Waals surface area contributed by atoms with E-state index in [0.717, 1.165) is 5.56 Å². The Labute approximate surface area is 109 Å². The van der Waals surface area contributed by atoms with E-state index < -0.39 is 23.9 Å². The first-order valence-corrected chi connectivity index (χ1v) is 5.51. The number of rotatable bonds is 1. The highest BCUT2D eigenvalue weighted by molar-refractivity contribution is 6.05. The quantitative estimate of drug-likeness (QED) is 0.473. The second-order valence-electron chi connectivity index (χ2n) is 4.06. The summed E-state index contributed by atoms with van der Waals surface area (Å²) in [6, 6.07) is 3.44. The molecule has 96 valence electrons. The van der Waals surface area contributed by atoms with E-state index in [-0.39, 0.29) is 0 Å². The van der Waals surface area contributed by atoms with Gasteiger partial charge in [0.15, 0.2) is 6.04 Å². The predicted molar refractivity (Wildman–Crippen MR) is 67.0 cm³/mol. The van der Waals surface area contributed by atoms with Crippen molar-refractivity contribution in [3.63, 3.8) is 0 Å². The fourth-order valence-corrected chi connectivity index (χ4v) is 1.58. The number of carbonyl (C=O) groups excluding carboxylic acids is 3. The van der Waals surface area contributed by atoms with Crippen molar-refractivity contribution >= 4 is 17.8 Å². The van der Waals surface area contributed by atoms with E-state index in [0.29, 0.717) is 11.1 Å². The first kappa shape index (κ1) is 12.6. The number of benzene rings is 1. The van der Waals surface area contributed by atoms with E-state index in [1.54, 1.807) is 18.2 Å². The summed E-state index contributed by atoms with van der Waals surface area (Å²) in [7, 11) is 0. The summed E-state index contributed by atoms with van der Waals surface area (Å²) in [4.78, 5) is 33.3. The molecule has 1 aromatic rings. The smallest absolute Gasteiger partial charge is 0.322 e. The summed E-state index contributed by atoms with van der Waals surface area (Å²) in [6.45, 7) is 1.82. The van der Waals surface area contributed by atoms with Gasteiger partial charge in [-0.25, -0.2) is 4.79 Å². The van der Waals surface area contributed by atoms with Crippen molar-refractivity contribution in [1.29, 1.82) is 0 Å². The van der Waals surface area contributed by atoms with E-state index in [2.05, 4.69) is 22.5 Å². The second kappa shape index (κ2) is 4.82. The van der Waals surface area contributed by atoms with Crippen molar-refractivity contribution < 1.29 is 14.4 Å². The maximum absolute atomic E-state index is 11.3. The Balaban J connectivity index is 2.29. The van der Waals surface area contributed by atoms with Gasteiger partial charge in [-0.15, -0.1) is 0 Å². The molecule has 19 heavy (non-hydrogen) atoms. The summed E-state index contributed by atoms with van der Waals surface area (Å²) in [5, 5.41) is 4.45. The Morgan fingerprint density at radius 1 is 1.37 bits per heavy atom. The molecule has 1 heterocycles. The zero-order valence-corrected chi connectivity index (χ0v) is 10.1. The third-order valence-electron chi connectivity index (χ3n) is 2.65. The van der Waals surface area contributed by atoms with Gasteiger partial charge in [-0.3, -0.25) is 14.9 Å². The molecule has 2 rings (SSSR count). The first-order chi connectivity index (χ1) is 8.97. The van der Waals surface area contributed by atoms with Crippen LogP contribution in [0.1, 0.15) is 21.5 Å². The Hall–Kier alpha value is -2.81. The van der Waals surface area contributed by atoms with Crippen LogP contribution < -0.4 is 16.4 Å². The van der Waals surface area contributed by atoms with Gasteiger partial charge in [0.05, 0.1) is 0 Å². The number of nitrogens with two attached hydrogens (primary N) is 1. The van der Waals surface area contributed by atoms with Crippen LogP contribution in [0.5, 0.6) is 0 Å². The normalized spacial score (nSPS) is 17.2. The van der Waals surface area contributed by atoms with Crippen molar-refractivity contribution in [2.45, 2.75) is 13.0 Å². The van der Waals surface area contributed by atoms with E-state index in [9.17, 15) is 14.4 Å². The molecule has 1 aliphatic rings. The molecule has 0 radical (unpaired) electrons. The summed E-state index contributed by atoms with van der Waals surface area (Å²) < 4.78 is 0. The molecular formula is C13H11N3O3. The number of amides is 4. The van der Waals surface area contributed by atoms with Gasteiger partial charge in [-0.05, 0) is 24.6 Å². The topological polar surface area (TPSA) is 101 Å². The minimum Gasteiger partial charge on any atom is -0.366 e. The van der Waals surface area contributed by atoms with Crippen molar-refractivity contribution in [2.24, 2.45) is 5.73 Å². The number of carbonyl (C=O) groups is 3.